The molecule has 0 unspecified atom stereocenters. The van der Waals surface area contributed by atoms with Gasteiger partial charge in [-0.3, -0.25) is 9.82 Å². The molecule has 0 aliphatic carbocycles. The number of sulfonamides is 1. The Hall–Kier alpha value is -2.62. The maximum Gasteiger partial charge on any atom is 0.232 e. The Kier molecular flexibility index (Phi) is 7.30. The number of anilines is 1. The number of aromatic amines is 1. The average Bonchev–Trinajstić information content (AvgIpc) is 3.07. The summed E-state index contributed by atoms with van der Waals surface area (Å²) in [6, 6.07) is 12.6. The van der Waals surface area contributed by atoms with Gasteiger partial charge in [0.25, 0.3) is 0 Å². The Balaban J connectivity index is 1.45. The number of fused-ring (bicyclic) bond motifs is 1. The van der Waals surface area contributed by atoms with E-state index in [2.05, 4.69) is 20.2 Å². The van der Waals surface area contributed by atoms with Crippen molar-refractivity contribution >= 4 is 26.6 Å². The highest BCUT2D eigenvalue weighted by atomic mass is 32.2. The Morgan fingerprint density at radius 3 is 2.87 bits per heavy atom. The summed E-state index contributed by atoms with van der Waals surface area (Å²) in [4.78, 5) is 0. The second-order valence-corrected chi connectivity index (χ2v) is 8.98. The van der Waals surface area contributed by atoms with Crippen LogP contribution in [0.15, 0.2) is 42.5 Å². The van der Waals surface area contributed by atoms with Crippen molar-refractivity contribution in [2.45, 2.75) is 26.4 Å². The van der Waals surface area contributed by atoms with Crippen LogP contribution in [-0.2, 0) is 10.0 Å². The molecule has 1 aromatic heterocycles. The van der Waals surface area contributed by atoms with E-state index in [1.165, 1.54) is 0 Å². The Bertz CT molecular complexity index is 1080. The number of benzene rings is 2. The number of H-pyrrole nitrogens is 1. The van der Waals surface area contributed by atoms with E-state index >= 15 is 0 Å². The largest absolute Gasteiger partial charge is 0.492 e. The third kappa shape index (κ3) is 5.94. The molecule has 0 bridgehead atoms. The van der Waals surface area contributed by atoms with Crippen molar-refractivity contribution in [3.05, 3.63) is 53.7 Å². The van der Waals surface area contributed by atoms with E-state index in [0.717, 1.165) is 22.3 Å². The minimum absolute atomic E-state index is 0.0635. The summed E-state index contributed by atoms with van der Waals surface area (Å²) in [6.07, 6.45) is -0.220. The maximum atomic E-state index is 11.9. The first-order chi connectivity index (χ1) is 14.4. The third-order valence-corrected chi connectivity index (χ3v) is 6.11. The smallest absolute Gasteiger partial charge is 0.232 e. The van der Waals surface area contributed by atoms with Crippen molar-refractivity contribution in [3.8, 4) is 5.75 Å². The molecule has 0 fully saturated rings. The summed E-state index contributed by atoms with van der Waals surface area (Å²) in [7, 11) is -3.36. The fourth-order valence-electron chi connectivity index (χ4n) is 3.12. The van der Waals surface area contributed by atoms with E-state index in [1.54, 1.807) is 24.3 Å². The molecule has 0 aliphatic heterocycles. The van der Waals surface area contributed by atoms with Gasteiger partial charge < -0.3 is 15.2 Å². The number of nitrogens with one attached hydrogen (secondary N) is 3. The summed E-state index contributed by atoms with van der Waals surface area (Å²) in [5.41, 5.74) is 2.98. The molecule has 30 heavy (non-hydrogen) atoms. The number of aliphatic hydroxyl groups is 1. The lowest BCUT2D eigenvalue weighted by molar-refractivity contribution is 0.172. The van der Waals surface area contributed by atoms with E-state index in [-0.39, 0.29) is 5.75 Å². The lowest BCUT2D eigenvalue weighted by Gasteiger charge is -2.14. The second kappa shape index (κ2) is 9.92. The molecular formula is C21H28N4O4S. The van der Waals surface area contributed by atoms with Gasteiger partial charge in [-0.2, -0.15) is 5.10 Å². The van der Waals surface area contributed by atoms with Crippen molar-refractivity contribution < 1.29 is 18.3 Å². The van der Waals surface area contributed by atoms with E-state index in [9.17, 15) is 13.5 Å². The summed E-state index contributed by atoms with van der Waals surface area (Å²) in [5.74, 6) is 0.803. The molecule has 0 amide bonds. The molecule has 0 saturated carbocycles. The van der Waals surface area contributed by atoms with Gasteiger partial charge >= 0.3 is 0 Å². The van der Waals surface area contributed by atoms with Crippen LogP contribution < -0.4 is 14.8 Å². The highest BCUT2D eigenvalue weighted by molar-refractivity contribution is 7.92. The molecule has 3 aromatic rings. The molecule has 0 saturated heterocycles. The van der Waals surface area contributed by atoms with E-state index < -0.39 is 16.1 Å². The minimum Gasteiger partial charge on any atom is -0.492 e. The van der Waals surface area contributed by atoms with Crippen LogP contribution in [0, 0.1) is 6.92 Å². The first-order valence-electron chi connectivity index (χ1n) is 9.94. The highest BCUT2D eigenvalue weighted by Gasteiger charge is 2.12. The normalized spacial score (nSPS) is 12.8. The number of nitrogens with zero attached hydrogens (tertiary/aromatic N) is 1. The molecule has 0 spiro atoms. The number of rotatable bonds is 11. The Morgan fingerprint density at radius 2 is 2.07 bits per heavy atom. The van der Waals surface area contributed by atoms with Gasteiger partial charge in [-0.25, -0.2) is 8.42 Å². The van der Waals surface area contributed by atoms with Crippen molar-refractivity contribution in [2.24, 2.45) is 0 Å². The van der Waals surface area contributed by atoms with Crippen LogP contribution in [0.4, 0.5) is 5.69 Å². The van der Waals surface area contributed by atoms with Crippen LogP contribution in [0.3, 0.4) is 0 Å². The van der Waals surface area contributed by atoms with Gasteiger partial charge in [-0.1, -0.05) is 19.1 Å². The quantitative estimate of drug-likeness (QED) is 0.346. The van der Waals surface area contributed by atoms with Crippen molar-refractivity contribution in [1.82, 2.24) is 15.5 Å². The third-order valence-electron chi connectivity index (χ3n) is 4.62. The molecule has 4 N–H and O–H groups in total. The zero-order valence-electron chi connectivity index (χ0n) is 17.2. The summed E-state index contributed by atoms with van der Waals surface area (Å²) in [5, 5.41) is 21.8. The van der Waals surface area contributed by atoms with Gasteiger partial charge in [-0.15, -0.1) is 0 Å². The monoisotopic (exact) mass is 432 g/mol. The zero-order valence-corrected chi connectivity index (χ0v) is 18.0. The number of aliphatic hydroxyl groups excluding tert-OH is 1. The first kappa shape index (κ1) is 22.1. The number of hydrogen-bond donors (Lipinski definition) is 4. The van der Waals surface area contributed by atoms with Crippen LogP contribution in [0.1, 0.15) is 30.7 Å². The Labute approximate surface area is 176 Å². The Morgan fingerprint density at radius 1 is 1.23 bits per heavy atom. The number of ether oxygens (including phenoxy) is 1. The molecule has 1 atom stereocenters. The van der Waals surface area contributed by atoms with Crippen LogP contribution in [0.25, 0.3) is 10.9 Å². The molecule has 1 heterocycles. The molecule has 162 valence electrons. The van der Waals surface area contributed by atoms with Crippen LogP contribution in [0.2, 0.25) is 0 Å². The highest BCUT2D eigenvalue weighted by Crippen LogP contribution is 2.21. The minimum atomic E-state index is -3.36. The van der Waals surface area contributed by atoms with Gasteiger partial charge in [0.15, 0.2) is 0 Å². The zero-order chi connectivity index (χ0) is 21.6. The second-order valence-electron chi connectivity index (χ2n) is 7.14. The predicted molar refractivity (Wildman–Crippen MR) is 118 cm³/mol. The summed E-state index contributed by atoms with van der Waals surface area (Å²) in [6.45, 7) is 5.11. The molecule has 2 aromatic carbocycles. The van der Waals surface area contributed by atoms with E-state index in [0.29, 0.717) is 37.4 Å². The predicted octanol–water partition coefficient (Wildman–Crippen LogP) is 2.73. The van der Waals surface area contributed by atoms with Gasteiger partial charge in [0.1, 0.15) is 12.4 Å². The van der Waals surface area contributed by atoms with Gasteiger partial charge in [0.05, 0.1) is 17.4 Å². The number of hydrogen-bond acceptors (Lipinski definition) is 6. The van der Waals surface area contributed by atoms with Crippen LogP contribution >= 0.6 is 0 Å². The molecule has 9 heteroatoms. The lowest BCUT2D eigenvalue weighted by Crippen LogP contribution is -2.26. The fourth-order valence-corrected chi connectivity index (χ4v) is 4.25. The standard InChI is InChI=1S/C21H28N4O4S/c1-3-11-30(27,28)25-17-6-4-5-16(12-17)21(26)14-22-9-10-29-18-7-8-19-15(2)23-24-20(19)13-18/h4-8,12-13,21-22,25-26H,3,9-11,14H2,1-2H3,(H,23,24)/t21-/m0/s1. The van der Waals surface area contributed by atoms with Crippen LogP contribution in [0.5, 0.6) is 5.75 Å². The van der Waals surface area contributed by atoms with Crippen molar-refractivity contribution in [1.29, 1.82) is 0 Å². The van der Waals surface area contributed by atoms with Gasteiger partial charge in [0, 0.05) is 35.9 Å². The van der Waals surface area contributed by atoms with Crippen LogP contribution in [-0.4, -0.2) is 49.2 Å². The number of aryl methyl sites for hydroxylation is 1. The molecule has 3 rings (SSSR count). The molecule has 0 aliphatic rings. The maximum absolute atomic E-state index is 11.9. The van der Waals surface area contributed by atoms with Crippen molar-refractivity contribution in [2.75, 3.05) is 30.2 Å². The van der Waals surface area contributed by atoms with Gasteiger partial charge in [-0.05, 0) is 43.2 Å². The summed E-state index contributed by atoms with van der Waals surface area (Å²) >= 11 is 0. The average molecular weight is 433 g/mol. The SMILES string of the molecule is CCCS(=O)(=O)Nc1cccc([C@@H](O)CNCCOc2ccc3c(C)[nH]nc3c2)c1. The molecule has 0 radical (unpaired) electrons. The number of aromatic nitrogens is 2. The first-order valence-corrected chi connectivity index (χ1v) is 11.6. The van der Waals surface area contributed by atoms with E-state index in [4.69, 9.17) is 4.74 Å². The van der Waals surface area contributed by atoms with Crippen molar-refractivity contribution in [3.63, 3.8) is 0 Å². The fraction of sp³-hybridized carbons (Fsp3) is 0.381. The van der Waals surface area contributed by atoms with Gasteiger partial charge in [0.2, 0.25) is 10.0 Å². The molecule has 8 nitrogen and oxygen atoms in total. The van der Waals surface area contributed by atoms with E-state index in [1.807, 2.05) is 32.0 Å². The molecular weight excluding hydrogens is 404 g/mol. The topological polar surface area (TPSA) is 116 Å². The summed E-state index contributed by atoms with van der Waals surface area (Å²) < 4.78 is 32.1. The lowest BCUT2D eigenvalue weighted by atomic mass is 10.1.